The summed E-state index contributed by atoms with van der Waals surface area (Å²) in [6.07, 6.45) is 3.59. The zero-order chi connectivity index (χ0) is 11.0. The molecule has 2 unspecified atom stereocenters. The molecular formula is C11H16N2OS2. The van der Waals surface area contributed by atoms with Crippen LogP contribution in [-0.4, -0.2) is 23.1 Å². The fourth-order valence-corrected chi connectivity index (χ4v) is 4.39. The van der Waals surface area contributed by atoms with Gasteiger partial charge in [0.25, 0.3) is 0 Å². The van der Waals surface area contributed by atoms with Gasteiger partial charge in [-0.05, 0) is 19.3 Å². The molecule has 0 spiro atoms. The highest BCUT2D eigenvalue weighted by Gasteiger charge is 2.26. The quantitative estimate of drug-likeness (QED) is 0.837. The second-order valence-corrected chi connectivity index (χ2v) is 6.51. The monoisotopic (exact) mass is 256 g/mol. The van der Waals surface area contributed by atoms with Gasteiger partial charge in [-0.2, -0.15) is 11.8 Å². The van der Waals surface area contributed by atoms with E-state index in [1.54, 1.807) is 11.3 Å². The summed E-state index contributed by atoms with van der Waals surface area (Å²) in [7, 11) is 0. The van der Waals surface area contributed by atoms with Crippen molar-refractivity contribution in [2.45, 2.75) is 31.4 Å². The van der Waals surface area contributed by atoms with Gasteiger partial charge in [-0.3, -0.25) is 0 Å². The molecule has 2 N–H and O–H groups in total. The van der Waals surface area contributed by atoms with E-state index < -0.39 is 0 Å². The summed E-state index contributed by atoms with van der Waals surface area (Å²) in [6, 6.07) is 0.214. The van der Waals surface area contributed by atoms with Gasteiger partial charge >= 0.3 is 0 Å². The Morgan fingerprint density at radius 3 is 3.12 bits per heavy atom. The van der Waals surface area contributed by atoms with Gasteiger partial charge < -0.3 is 10.5 Å². The molecule has 0 aromatic carbocycles. The number of thioether (sulfide) groups is 1. The van der Waals surface area contributed by atoms with Crippen LogP contribution < -0.4 is 5.73 Å². The molecule has 3 nitrogen and oxygen atoms in total. The molecule has 1 aromatic heterocycles. The molecular weight excluding hydrogens is 240 g/mol. The standard InChI is InChI=1S/C11H16N2OS2/c12-7-2-1-3-8-10(7)16-11(13-8)9-6-15-5-4-14-9/h7,9H,1-6,12H2. The average Bonchev–Trinajstić information content (AvgIpc) is 2.76. The largest absolute Gasteiger partial charge is 0.369 e. The van der Waals surface area contributed by atoms with Gasteiger partial charge in [0.15, 0.2) is 0 Å². The number of aryl methyl sites for hydroxylation is 1. The highest BCUT2D eigenvalue weighted by atomic mass is 32.2. The minimum Gasteiger partial charge on any atom is -0.369 e. The third-order valence-corrected chi connectivity index (χ3v) is 5.42. The summed E-state index contributed by atoms with van der Waals surface area (Å²) in [5.41, 5.74) is 7.35. The summed E-state index contributed by atoms with van der Waals surface area (Å²) in [6.45, 7) is 0.853. The Kier molecular flexibility index (Phi) is 3.20. The molecule has 2 atom stereocenters. The van der Waals surface area contributed by atoms with E-state index in [0.29, 0.717) is 0 Å². The number of thiazole rings is 1. The SMILES string of the molecule is NC1CCCc2nc(C3CSCCO3)sc21. The normalized spacial score (nSPS) is 30.1. The predicted octanol–water partition coefficient (Wildman–Crippen LogP) is 2.28. The van der Waals surface area contributed by atoms with Gasteiger partial charge in [0.2, 0.25) is 0 Å². The van der Waals surface area contributed by atoms with E-state index >= 15 is 0 Å². The summed E-state index contributed by atoms with van der Waals surface area (Å²) in [5.74, 6) is 2.16. The van der Waals surface area contributed by atoms with Crippen LogP contribution in [0.1, 0.15) is 40.6 Å². The Hall–Kier alpha value is -0.100. The molecule has 5 heteroatoms. The lowest BCUT2D eigenvalue weighted by Crippen LogP contribution is -2.15. The second-order valence-electron chi connectivity index (χ2n) is 4.30. The average molecular weight is 256 g/mol. The lowest BCUT2D eigenvalue weighted by molar-refractivity contribution is 0.0754. The third kappa shape index (κ3) is 2.01. The number of aromatic nitrogens is 1. The zero-order valence-electron chi connectivity index (χ0n) is 9.15. The van der Waals surface area contributed by atoms with Gasteiger partial charge in [0, 0.05) is 22.4 Å². The van der Waals surface area contributed by atoms with Crippen LogP contribution in [0.3, 0.4) is 0 Å². The molecule has 2 heterocycles. The molecule has 0 saturated carbocycles. The minimum atomic E-state index is 0.210. The summed E-state index contributed by atoms with van der Waals surface area (Å²) < 4.78 is 5.76. The lowest BCUT2D eigenvalue weighted by Gasteiger charge is -2.19. The molecule has 1 aliphatic carbocycles. The first-order valence-electron chi connectivity index (χ1n) is 5.79. The molecule has 1 fully saturated rings. The van der Waals surface area contributed by atoms with E-state index in [1.807, 2.05) is 11.8 Å². The number of hydrogen-bond acceptors (Lipinski definition) is 5. The molecule has 0 radical (unpaired) electrons. The number of rotatable bonds is 1. The van der Waals surface area contributed by atoms with Crippen LogP contribution in [0, 0.1) is 0 Å². The Morgan fingerprint density at radius 2 is 2.38 bits per heavy atom. The van der Waals surface area contributed by atoms with Crippen LogP contribution in [0.4, 0.5) is 0 Å². The Bertz CT molecular complexity index is 374. The topological polar surface area (TPSA) is 48.1 Å². The van der Waals surface area contributed by atoms with Gasteiger partial charge in [0.1, 0.15) is 11.1 Å². The van der Waals surface area contributed by atoms with E-state index in [9.17, 15) is 0 Å². The summed E-state index contributed by atoms with van der Waals surface area (Å²) in [5, 5.41) is 1.15. The number of fused-ring (bicyclic) bond motifs is 1. The van der Waals surface area contributed by atoms with Crippen molar-refractivity contribution < 1.29 is 4.74 Å². The fraction of sp³-hybridized carbons (Fsp3) is 0.727. The van der Waals surface area contributed by atoms with Gasteiger partial charge in [-0.15, -0.1) is 11.3 Å². The first kappa shape index (κ1) is 11.0. The highest BCUT2D eigenvalue weighted by molar-refractivity contribution is 7.99. The maximum absolute atomic E-state index is 6.11. The maximum Gasteiger partial charge on any atom is 0.123 e. The van der Waals surface area contributed by atoms with E-state index in [4.69, 9.17) is 15.5 Å². The van der Waals surface area contributed by atoms with Crippen LogP contribution in [-0.2, 0) is 11.2 Å². The van der Waals surface area contributed by atoms with Crippen molar-refractivity contribution in [2.24, 2.45) is 5.73 Å². The van der Waals surface area contributed by atoms with Crippen molar-refractivity contribution in [1.82, 2.24) is 4.98 Å². The van der Waals surface area contributed by atoms with Gasteiger partial charge in [-0.1, -0.05) is 0 Å². The second kappa shape index (κ2) is 4.64. The van der Waals surface area contributed by atoms with Crippen molar-refractivity contribution in [2.75, 3.05) is 18.1 Å². The van der Waals surface area contributed by atoms with E-state index in [1.165, 1.54) is 17.0 Å². The van der Waals surface area contributed by atoms with Gasteiger partial charge in [-0.25, -0.2) is 4.98 Å². The van der Waals surface area contributed by atoms with E-state index in [2.05, 4.69) is 0 Å². The molecule has 16 heavy (non-hydrogen) atoms. The molecule has 1 saturated heterocycles. The fourth-order valence-electron chi connectivity index (χ4n) is 2.24. The Balaban J connectivity index is 1.85. The molecule has 88 valence electrons. The molecule has 3 rings (SSSR count). The first-order valence-corrected chi connectivity index (χ1v) is 7.76. The molecule has 0 bridgehead atoms. The molecule has 2 aliphatic rings. The van der Waals surface area contributed by atoms with Crippen LogP contribution in [0.5, 0.6) is 0 Å². The molecule has 1 aromatic rings. The van der Waals surface area contributed by atoms with Crippen LogP contribution in [0.2, 0.25) is 0 Å². The predicted molar refractivity (Wildman–Crippen MR) is 68.0 cm³/mol. The van der Waals surface area contributed by atoms with Crippen LogP contribution in [0.15, 0.2) is 0 Å². The number of hydrogen-bond donors (Lipinski definition) is 1. The molecule has 0 amide bonds. The summed E-state index contributed by atoms with van der Waals surface area (Å²) in [4.78, 5) is 6.03. The van der Waals surface area contributed by atoms with E-state index in [-0.39, 0.29) is 12.1 Å². The highest BCUT2D eigenvalue weighted by Crippen LogP contribution is 2.37. The van der Waals surface area contributed by atoms with Crippen LogP contribution in [0.25, 0.3) is 0 Å². The lowest BCUT2D eigenvalue weighted by atomic mass is 9.99. The molecule has 1 aliphatic heterocycles. The van der Waals surface area contributed by atoms with Crippen molar-refractivity contribution in [3.8, 4) is 0 Å². The summed E-state index contributed by atoms with van der Waals surface area (Å²) >= 11 is 3.73. The van der Waals surface area contributed by atoms with Crippen molar-refractivity contribution in [3.05, 3.63) is 15.6 Å². The van der Waals surface area contributed by atoms with Crippen LogP contribution >= 0.6 is 23.1 Å². The maximum atomic E-state index is 6.11. The van der Waals surface area contributed by atoms with E-state index in [0.717, 1.165) is 36.0 Å². The minimum absolute atomic E-state index is 0.210. The van der Waals surface area contributed by atoms with Crippen molar-refractivity contribution in [3.63, 3.8) is 0 Å². The smallest absolute Gasteiger partial charge is 0.123 e. The van der Waals surface area contributed by atoms with Gasteiger partial charge in [0.05, 0.1) is 12.3 Å². The van der Waals surface area contributed by atoms with Crippen molar-refractivity contribution >= 4 is 23.1 Å². The third-order valence-electron chi connectivity index (χ3n) is 3.10. The Morgan fingerprint density at radius 1 is 1.44 bits per heavy atom. The van der Waals surface area contributed by atoms with Crippen molar-refractivity contribution in [1.29, 1.82) is 0 Å². The first-order chi connectivity index (χ1) is 7.84. The number of ether oxygens (including phenoxy) is 1. The number of nitrogens with zero attached hydrogens (tertiary/aromatic N) is 1. The Labute approximate surface area is 104 Å². The number of nitrogens with two attached hydrogens (primary N) is 1. The zero-order valence-corrected chi connectivity index (χ0v) is 10.8.